The zero-order chi connectivity index (χ0) is 24.9. The second kappa shape index (κ2) is 10.6. The number of imide groups is 2. The molecule has 0 unspecified atom stereocenters. The molecule has 1 fully saturated rings. The normalized spacial score (nSPS) is 14.8. The molecule has 3 aromatic rings. The van der Waals surface area contributed by atoms with Gasteiger partial charge in [-0.05, 0) is 71.2 Å². The first-order chi connectivity index (χ1) is 16.9. The number of halogens is 1. The maximum atomic E-state index is 13.2. The van der Waals surface area contributed by atoms with Gasteiger partial charge in [0.25, 0.3) is 11.8 Å². The predicted octanol–water partition coefficient (Wildman–Crippen LogP) is 5.40. The third-order valence-corrected chi connectivity index (χ3v) is 5.85. The third-order valence-electron chi connectivity index (χ3n) is 5.26. The van der Waals surface area contributed by atoms with E-state index in [-0.39, 0.29) is 5.57 Å². The standard InChI is InChI=1S/C27H23BrN2O5/c1-3-34-23-15-19(14-22(28)24(23)35-16-18-7-5-4-6-8-18)13-21-25(31)29-27(33)30(26(21)32)20-11-9-17(2)10-12-20/h4-15H,3,16H2,1-2H3,(H,29,31,33). The molecule has 0 aliphatic carbocycles. The van der Waals surface area contributed by atoms with E-state index in [0.29, 0.717) is 40.4 Å². The number of carbonyl (C=O) groups excluding carboxylic acids is 3. The van der Waals surface area contributed by atoms with E-state index < -0.39 is 17.8 Å². The lowest BCUT2D eigenvalue weighted by Crippen LogP contribution is -2.54. The van der Waals surface area contributed by atoms with Crippen molar-refractivity contribution in [2.75, 3.05) is 11.5 Å². The summed E-state index contributed by atoms with van der Waals surface area (Å²) >= 11 is 3.52. The topological polar surface area (TPSA) is 84.9 Å². The highest BCUT2D eigenvalue weighted by Gasteiger charge is 2.36. The summed E-state index contributed by atoms with van der Waals surface area (Å²) in [5.74, 6) is -0.503. The van der Waals surface area contributed by atoms with Gasteiger partial charge in [-0.1, -0.05) is 48.0 Å². The molecule has 0 saturated carbocycles. The SMILES string of the molecule is CCOc1cc(C=C2C(=O)NC(=O)N(c3ccc(C)cc3)C2=O)cc(Br)c1OCc1ccccc1. The van der Waals surface area contributed by atoms with Crippen molar-refractivity contribution in [2.45, 2.75) is 20.5 Å². The average Bonchev–Trinajstić information content (AvgIpc) is 2.83. The monoisotopic (exact) mass is 534 g/mol. The Kier molecular flexibility index (Phi) is 7.31. The van der Waals surface area contributed by atoms with Crippen LogP contribution in [0.25, 0.3) is 6.08 Å². The molecule has 1 saturated heterocycles. The lowest BCUT2D eigenvalue weighted by atomic mass is 10.1. The highest BCUT2D eigenvalue weighted by Crippen LogP contribution is 2.38. The van der Waals surface area contributed by atoms with Gasteiger partial charge in [0.15, 0.2) is 11.5 Å². The van der Waals surface area contributed by atoms with Gasteiger partial charge in [0.05, 0.1) is 16.8 Å². The van der Waals surface area contributed by atoms with E-state index in [0.717, 1.165) is 16.0 Å². The lowest BCUT2D eigenvalue weighted by Gasteiger charge is -2.26. The molecule has 1 heterocycles. The number of benzene rings is 3. The van der Waals surface area contributed by atoms with Gasteiger partial charge in [0.1, 0.15) is 12.2 Å². The molecular formula is C27H23BrN2O5. The summed E-state index contributed by atoms with van der Waals surface area (Å²) in [6.45, 7) is 4.48. The smallest absolute Gasteiger partial charge is 0.335 e. The summed E-state index contributed by atoms with van der Waals surface area (Å²) in [4.78, 5) is 39.1. The van der Waals surface area contributed by atoms with Crippen molar-refractivity contribution >= 4 is 45.5 Å². The molecule has 7 nitrogen and oxygen atoms in total. The van der Waals surface area contributed by atoms with Gasteiger partial charge in [0.2, 0.25) is 0 Å². The van der Waals surface area contributed by atoms with Crippen molar-refractivity contribution < 1.29 is 23.9 Å². The van der Waals surface area contributed by atoms with Crippen LogP contribution < -0.4 is 19.7 Å². The van der Waals surface area contributed by atoms with Gasteiger partial charge < -0.3 is 9.47 Å². The zero-order valence-corrected chi connectivity index (χ0v) is 20.8. The number of hydrogen-bond donors (Lipinski definition) is 1. The Balaban J connectivity index is 1.66. The Labute approximate surface area is 211 Å². The van der Waals surface area contributed by atoms with Crippen LogP contribution >= 0.6 is 15.9 Å². The molecule has 0 atom stereocenters. The number of aryl methyl sites for hydroxylation is 1. The molecule has 178 valence electrons. The first-order valence-electron chi connectivity index (χ1n) is 11.0. The molecule has 8 heteroatoms. The molecule has 3 aromatic carbocycles. The summed E-state index contributed by atoms with van der Waals surface area (Å²) in [6, 6.07) is 19.2. The van der Waals surface area contributed by atoms with Crippen LogP contribution in [0.2, 0.25) is 0 Å². The highest BCUT2D eigenvalue weighted by atomic mass is 79.9. The van der Waals surface area contributed by atoms with Crippen LogP contribution in [0.15, 0.2) is 76.8 Å². The molecule has 0 bridgehead atoms. The van der Waals surface area contributed by atoms with Crippen LogP contribution in [0, 0.1) is 6.92 Å². The van der Waals surface area contributed by atoms with Crippen LogP contribution in [0.5, 0.6) is 11.5 Å². The Morgan fingerprint density at radius 3 is 2.37 bits per heavy atom. The molecule has 0 spiro atoms. The fourth-order valence-corrected chi connectivity index (χ4v) is 4.13. The van der Waals surface area contributed by atoms with Crippen molar-refractivity contribution in [1.29, 1.82) is 0 Å². The molecule has 35 heavy (non-hydrogen) atoms. The van der Waals surface area contributed by atoms with Crippen molar-refractivity contribution in [3.8, 4) is 11.5 Å². The van der Waals surface area contributed by atoms with Crippen LogP contribution in [-0.2, 0) is 16.2 Å². The number of anilines is 1. The fourth-order valence-electron chi connectivity index (χ4n) is 3.56. The van der Waals surface area contributed by atoms with Crippen LogP contribution in [0.1, 0.15) is 23.6 Å². The van der Waals surface area contributed by atoms with Crippen molar-refractivity contribution in [3.63, 3.8) is 0 Å². The average molecular weight is 535 g/mol. The van der Waals surface area contributed by atoms with Gasteiger partial charge in [-0.15, -0.1) is 0 Å². The largest absolute Gasteiger partial charge is 0.490 e. The minimum Gasteiger partial charge on any atom is -0.490 e. The zero-order valence-electron chi connectivity index (χ0n) is 19.2. The maximum Gasteiger partial charge on any atom is 0.335 e. The summed E-state index contributed by atoms with van der Waals surface area (Å²) in [5.41, 5.74) is 2.71. The van der Waals surface area contributed by atoms with E-state index in [4.69, 9.17) is 9.47 Å². The van der Waals surface area contributed by atoms with Crippen molar-refractivity contribution in [1.82, 2.24) is 5.32 Å². The molecular weight excluding hydrogens is 512 g/mol. The predicted molar refractivity (Wildman–Crippen MR) is 136 cm³/mol. The van der Waals surface area contributed by atoms with Crippen molar-refractivity contribution in [3.05, 3.63) is 93.5 Å². The van der Waals surface area contributed by atoms with Gasteiger partial charge >= 0.3 is 6.03 Å². The second-order valence-corrected chi connectivity index (χ2v) is 8.69. The van der Waals surface area contributed by atoms with Gasteiger partial charge in [-0.2, -0.15) is 0 Å². The molecule has 0 aromatic heterocycles. The number of nitrogens with zero attached hydrogens (tertiary/aromatic N) is 1. The van der Waals surface area contributed by atoms with E-state index in [1.165, 1.54) is 6.08 Å². The van der Waals surface area contributed by atoms with E-state index in [2.05, 4.69) is 21.2 Å². The quantitative estimate of drug-likeness (QED) is 0.324. The number of urea groups is 1. The fraction of sp³-hybridized carbons (Fsp3) is 0.148. The Hall–Kier alpha value is -3.91. The number of amides is 4. The van der Waals surface area contributed by atoms with E-state index >= 15 is 0 Å². The van der Waals surface area contributed by atoms with Crippen LogP contribution in [0.3, 0.4) is 0 Å². The van der Waals surface area contributed by atoms with Gasteiger partial charge in [-0.3, -0.25) is 14.9 Å². The summed E-state index contributed by atoms with van der Waals surface area (Å²) in [5, 5.41) is 2.24. The number of carbonyl (C=O) groups is 3. The Bertz CT molecular complexity index is 1300. The molecule has 1 N–H and O–H groups in total. The summed E-state index contributed by atoms with van der Waals surface area (Å²) in [7, 11) is 0. The number of rotatable bonds is 7. The number of barbiturate groups is 1. The van der Waals surface area contributed by atoms with Crippen LogP contribution in [0.4, 0.5) is 10.5 Å². The van der Waals surface area contributed by atoms with Gasteiger partial charge in [-0.25, -0.2) is 9.69 Å². The van der Waals surface area contributed by atoms with Crippen LogP contribution in [-0.4, -0.2) is 24.5 Å². The Morgan fingerprint density at radius 1 is 0.971 bits per heavy atom. The molecule has 0 radical (unpaired) electrons. The first kappa shape index (κ1) is 24.2. The third kappa shape index (κ3) is 5.44. The molecule has 1 aliphatic heterocycles. The maximum absolute atomic E-state index is 13.2. The summed E-state index contributed by atoms with van der Waals surface area (Å²) in [6.07, 6.45) is 1.43. The highest BCUT2D eigenvalue weighted by molar-refractivity contribution is 9.10. The minimum absolute atomic E-state index is 0.169. The molecule has 4 amide bonds. The van der Waals surface area contributed by atoms with E-state index in [1.54, 1.807) is 36.4 Å². The number of nitrogens with one attached hydrogen (secondary N) is 1. The molecule has 4 rings (SSSR count). The van der Waals surface area contributed by atoms with Gasteiger partial charge in [0, 0.05) is 0 Å². The summed E-state index contributed by atoms with van der Waals surface area (Å²) < 4.78 is 12.4. The Morgan fingerprint density at radius 2 is 1.69 bits per heavy atom. The first-order valence-corrected chi connectivity index (χ1v) is 11.8. The van der Waals surface area contributed by atoms with E-state index in [9.17, 15) is 14.4 Å². The number of ether oxygens (including phenoxy) is 2. The van der Waals surface area contributed by atoms with E-state index in [1.807, 2.05) is 44.2 Å². The minimum atomic E-state index is -0.790. The lowest BCUT2D eigenvalue weighted by molar-refractivity contribution is -0.122. The molecule has 1 aliphatic rings. The van der Waals surface area contributed by atoms with Crippen molar-refractivity contribution in [2.24, 2.45) is 0 Å². The number of hydrogen-bond acceptors (Lipinski definition) is 5. The second-order valence-electron chi connectivity index (χ2n) is 7.83.